The minimum absolute atomic E-state index is 0.530. The molecule has 0 bridgehead atoms. The van der Waals surface area contributed by atoms with Crippen LogP contribution in [0.3, 0.4) is 0 Å². The third kappa shape index (κ3) is 1.20. The summed E-state index contributed by atoms with van der Waals surface area (Å²) >= 11 is 0. The summed E-state index contributed by atoms with van der Waals surface area (Å²) in [6, 6.07) is 12.0. The van der Waals surface area contributed by atoms with Gasteiger partial charge in [0, 0.05) is 12.4 Å². The zero-order chi connectivity index (χ0) is 10.8. The molecule has 1 N–H and O–H groups in total. The summed E-state index contributed by atoms with van der Waals surface area (Å²) in [4.78, 5) is 0. The van der Waals surface area contributed by atoms with E-state index in [1.807, 2.05) is 42.5 Å². The molecule has 0 fully saturated rings. The lowest BCUT2D eigenvalue weighted by Crippen LogP contribution is -2.21. The topological polar surface area (TPSA) is 53.4 Å². The summed E-state index contributed by atoms with van der Waals surface area (Å²) in [5.41, 5.74) is 1.48. The van der Waals surface area contributed by atoms with Gasteiger partial charge in [0.1, 0.15) is 0 Å². The van der Waals surface area contributed by atoms with Crippen LogP contribution in [0.5, 0.6) is 0 Å². The van der Waals surface area contributed by atoms with Crippen LogP contribution in [0, 0.1) is 0 Å². The number of H-pyrrole nitrogens is 1. The second kappa shape index (κ2) is 3.41. The van der Waals surface area contributed by atoms with Gasteiger partial charge in [-0.1, -0.05) is 30.3 Å². The molecule has 3 rings (SSSR count). The van der Waals surface area contributed by atoms with E-state index in [-0.39, 0.29) is 0 Å². The normalized spacial score (nSPS) is 22.8. The summed E-state index contributed by atoms with van der Waals surface area (Å²) in [5, 5.41) is 15.2. The molecule has 1 atom stereocenters. The maximum absolute atomic E-state index is 4.32. The quantitative estimate of drug-likeness (QED) is 0.813. The minimum atomic E-state index is -0.530. The first-order chi connectivity index (χ1) is 7.92. The first kappa shape index (κ1) is 9.03. The van der Waals surface area contributed by atoms with E-state index < -0.39 is 5.54 Å². The van der Waals surface area contributed by atoms with E-state index in [4.69, 9.17) is 0 Å². The van der Waals surface area contributed by atoms with Crippen LogP contribution in [0.4, 0.5) is 0 Å². The van der Waals surface area contributed by atoms with Gasteiger partial charge in [-0.3, -0.25) is 5.10 Å². The molecule has 0 saturated carbocycles. The largest absolute Gasteiger partial charge is 0.279 e. The van der Waals surface area contributed by atoms with Gasteiger partial charge in [-0.2, -0.15) is 15.3 Å². The van der Waals surface area contributed by atoms with Gasteiger partial charge in [0.15, 0.2) is 5.54 Å². The van der Waals surface area contributed by atoms with Gasteiger partial charge < -0.3 is 0 Å². The second-order valence-corrected chi connectivity index (χ2v) is 3.63. The van der Waals surface area contributed by atoms with Crippen LogP contribution in [0.2, 0.25) is 0 Å². The van der Waals surface area contributed by atoms with Crippen molar-refractivity contribution >= 4 is 0 Å². The maximum atomic E-state index is 4.32. The fraction of sp³-hybridized carbons (Fsp3) is 0.0833. The predicted octanol–water partition coefficient (Wildman–Crippen LogP) is 2.63. The highest BCUT2D eigenvalue weighted by Crippen LogP contribution is 2.37. The number of nitrogens with zero attached hydrogens (tertiary/aromatic N) is 3. The van der Waals surface area contributed by atoms with Gasteiger partial charge in [-0.15, -0.1) is 0 Å². The Morgan fingerprint density at radius 1 is 1.06 bits per heavy atom. The first-order valence-corrected chi connectivity index (χ1v) is 5.07. The van der Waals surface area contributed by atoms with E-state index in [1.165, 1.54) is 0 Å². The molecule has 0 spiro atoms. The number of nitrogens with one attached hydrogen (secondary N) is 1. The smallest absolute Gasteiger partial charge is 0.168 e. The van der Waals surface area contributed by atoms with E-state index in [2.05, 4.69) is 20.4 Å². The Kier molecular flexibility index (Phi) is 1.93. The Morgan fingerprint density at radius 3 is 2.56 bits per heavy atom. The van der Waals surface area contributed by atoms with Gasteiger partial charge in [-0.05, 0) is 17.7 Å². The number of benzene rings is 1. The fourth-order valence-electron chi connectivity index (χ4n) is 1.91. The summed E-state index contributed by atoms with van der Waals surface area (Å²) in [6.07, 6.45) is 5.41. The molecule has 2 aromatic rings. The standard InChI is InChI=1S/C12H10N4/c1-2-4-10(5-3-1)12(7-9-14-16-12)11-6-8-13-15-11/h1-9H,(H,13,15). The summed E-state index contributed by atoms with van der Waals surface area (Å²) in [7, 11) is 0. The third-order valence-electron chi connectivity index (χ3n) is 2.72. The van der Waals surface area contributed by atoms with Gasteiger partial charge in [0.05, 0.1) is 5.69 Å². The Balaban J connectivity index is 2.19. The van der Waals surface area contributed by atoms with Crippen molar-refractivity contribution in [3.8, 4) is 0 Å². The molecule has 2 heterocycles. The number of aromatic nitrogens is 2. The van der Waals surface area contributed by atoms with Crippen LogP contribution < -0.4 is 0 Å². The van der Waals surface area contributed by atoms with E-state index in [0.29, 0.717) is 0 Å². The lowest BCUT2D eigenvalue weighted by atomic mass is 9.88. The first-order valence-electron chi connectivity index (χ1n) is 5.07. The molecule has 0 saturated heterocycles. The highest BCUT2D eigenvalue weighted by molar-refractivity contribution is 5.41. The average molecular weight is 210 g/mol. The number of azo groups is 1. The molecule has 1 aliphatic heterocycles. The maximum Gasteiger partial charge on any atom is 0.168 e. The molecule has 78 valence electrons. The Morgan fingerprint density at radius 2 is 1.94 bits per heavy atom. The summed E-state index contributed by atoms with van der Waals surface area (Å²) in [6.45, 7) is 0. The van der Waals surface area contributed by atoms with Crippen molar-refractivity contribution in [3.05, 3.63) is 66.1 Å². The van der Waals surface area contributed by atoms with E-state index >= 15 is 0 Å². The van der Waals surface area contributed by atoms with Crippen LogP contribution in [0.1, 0.15) is 11.3 Å². The lowest BCUT2D eigenvalue weighted by molar-refractivity contribution is 0.642. The third-order valence-corrected chi connectivity index (χ3v) is 2.72. The van der Waals surface area contributed by atoms with Crippen molar-refractivity contribution in [2.24, 2.45) is 10.2 Å². The molecule has 1 aromatic carbocycles. The molecule has 1 aromatic heterocycles. The van der Waals surface area contributed by atoms with Crippen LogP contribution in [0.15, 0.2) is 65.1 Å². The molecule has 4 heteroatoms. The average Bonchev–Trinajstić information content (AvgIpc) is 3.02. The second-order valence-electron chi connectivity index (χ2n) is 3.63. The van der Waals surface area contributed by atoms with E-state index in [9.17, 15) is 0 Å². The SMILES string of the molecule is C1=CC(c2ccccc2)(c2ccn[nH]2)N=N1. The number of hydrogen-bond acceptors (Lipinski definition) is 3. The minimum Gasteiger partial charge on any atom is -0.279 e. The van der Waals surface area contributed by atoms with Crippen LogP contribution in [-0.2, 0) is 5.54 Å². The van der Waals surface area contributed by atoms with Crippen LogP contribution in [-0.4, -0.2) is 10.2 Å². The molecular weight excluding hydrogens is 200 g/mol. The van der Waals surface area contributed by atoms with Gasteiger partial charge in [-0.25, -0.2) is 0 Å². The summed E-state index contributed by atoms with van der Waals surface area (Å²) < 4.78 is 0. The molecule has 0 radical (unpaired) electrons. The number of aromatic amines is 1. The molecule has 1 unspecified atom stereocenters. The van der Waals surface area contributed by atoms with Crippen molar-refractivity contribution in [2.45, 2.75) is 5.54 Å². The van der Waals surface area contributed by atoms with E-state index in [0.717, 1.165) is 11.3 Å². The van der Waals surface area contributed by atoms with Crippen molar-refractivity contribution in [2.75, 3.05) is 0 Å². The monoisotopic (exact) mass is 210 g/mol. The van der Waals surface area contributed by atoms with Crippen LogP contribution >= 0.6 is 0 Å². The number of rotatable bonds is 2. The highest BCUT2D eigenvalue weighted by atomic mass is 15.2. The van der Waals surface area contributed by atoms with Crippen molar-refractivity contribution in [1.82, 2.24) is 10.2 Å². The molecule has 0 aliphatic carbocycles. The zero-order valence-electron chi connectivity index (χ0n) is 8.54. The molecule has 1 aliphatic rings. The summed E-state index contributed by atoms with van der Waals surface area (Å²) in [5.74, 6) is 0. The number of hydrogen-bond donors (Lipinski definition) is 1. The van der Waals surface area contributed by atoms with Crippen molar-refractivity contribution in [3.63, 3.8) is 0 Å². The van der Waals surface area contributed by atoms with Gasteiger partial charge >= 0.3 is 0 Å². The van der Waals surface area contributed by atoms with Crippen molar-refractivity contribution in [1.29, 1.82) is 0 Å². The Labute approximate surface area is 92.7 Å². The van der Waals surface area contributed by atoms with Gasteiger partial charge in [0.25, 0.3) is 0 Å². The van der Waals surface area contributed by atoms with Crippen molar-refractivity contribution < 1.29 is 0 Å². The molecule has 4 nitrogen and oxygen atoms in total. The molecule has 0 amide bonds. The fourth-order valence-corrected chi connectivity index (χ4v) is 1.91. The Bertz CT molecular complexity index is 513. The zero-order valence-corrected chi connectivity index (χ0v) is 8.54. The van der Waals surface area contributed by atoms with Gasteiger partial charge in [0.2, 0.25) is 0 Å². The highest BCUT2D eigenvalue weighted by Gasteiger charge is 2.35. The predicted molar refractivity (Wildman–Crippen MR) is 59.8 cm³/mol. The molecular formula is C12H10N4. The molecule has 16 heavy (non-hydrogen) atoms. The van der Waals surface area contributed by atoms with E-state index in [1.54, 1.807) is 12.4 Å². The Hall–Kier alpha value is -2.23. The van der Waals surface area contributed by atoms with Crippen LogP contribution in [0.25, 0.3) is 0 Å². The lowest BCUT2D eigenvalue weighted by Gasteiger charge is -2.21.